The molecule has 0 unspecified atom stereocenters. The van der Waals surface area contributed by atoms with Gasteiger partial charge in [0.1, 0.15) is 5.82 Å². The number of aromatic nitrogens is 1. The van der Waals surface area contributed by atoms with E-state index in [-0.39, 0.29) is 5.91 Å². The van der Waals surface area contributed by atoms with Gasteiger partial charge in [0.05, 0.1) is 0 Å². The number of anilines is 1. The van der Waals surface area contributed by atoms with Crippen molar-refractivity contribution in [2.45, 2.75) is 6.92 Å². The summed E-state index contributed by atoms with van der Waals surface area (Å²) in [5.74, 6) is 0.431. The van der Waals surface area contributed by atoms with Crippen LogP contribution in [0.5, 0.6) is 0 Å². The molecule has 1 amide bonds. The van der Waals surface area contributed by atoms with Crippen molar-refractivity contribution in [1.29, 1.82) is 0 Å². The van der Waals surface area contributed by atoms with E-state index in [1.165, 1.54) is 0 Å². The molecule has 0 spiro atoms. The highest BCUT2D eigenvalue weighted by molar-refractivity contribution is 9.10. The Kier molecular flexibility index (Phi) is 3.71. The predicted octanol–water partition coefficient (Wildman–Crippen LogP) is 4.56. The Balaban J connectivity index is 1.97. The van der Waals surface area contributed by atoms with Crippen molar-refractivity contribution in [3.05, 3.63) is 70.3 Å². The fourth-order valence-corrected chi connectivity index (χ4v) is 2.72. The molecule has 0 aliphatic carbocycles. The lowest BCUT2D eigenvalue weighted by Crippen LogP contribution is -2.14. The van der Waals surface area contributed by atoms with Gasteiger partial charge in [0.15, 0.2) is 0 Å². The molecular weight excluding hydrogens is 328 g/mol. The summed E-state index contributed by atoms with van der Waals surface area (Å²) < 4.78 is 0.892. The third kappa shape index (κ3) is 2.81. The van der Waals surface area contributed by atoms with E-state index in [9.17, 15) is 4.79 Å². The van der Waals surface area contributed by atoms with E-state index >= 15 is 0 Å². The van der Waals surface area contributed by atoms with Crippen LogP contribution in [0.3, 0.4) is 0 Å². The molecule has 4 heteroatoms. The Morgan fingerprint density at radius 1 is 1.14 bits per heavy atom. The van der Waals surface area contributed by atoms with Crippen LogP contribution in [0.1, 0.15) is 15.9 Å². The molecule has 0 atom stereocenters. The van der Waals surface area contributed by atoms with Gasteiger partial charge in [0, 0.05) is 16.2 Å². The fraction of sp³-hybridized carbons (Fsp3) is 0.0588. The summed E-state index contributed by atoms with van der Waals surface area (Å²) >= 11 is 3.36. The van der Waals surface area contributed by atoms with E-state index in [2.05, 4.69) is 26.2 Å². The molecule has 0 saturated heterocycles. The quantitative estimate of drug-likeness (QED) is 0.743. The van der Waals surface area contributed by atoms with Gasteiger partial charge in [-0.25, -0.2) is 4.98 Å². The number of nitrogens with zero attached hydrogens (tertiary/aromatic N) is 1. The normalized spacial score (nSPS) is 10.6. The lowest BCUT2D eigenvalue weighted by Gasteiger charge is -2.09. The van der Waals surface area contributed by atoms with E-state index in [0.717, 1.165) is 20.8 Å². The van der Waals surface area contributed by atoms with Gasteiger partial charge in [-0.15, -0.1) is 0 Å². The molecule has 0 bridgehead atoms. The molecule has 3 rings (SSSR count). The molecule has 0 aliphatic heterocycles. The average molecular weight is 341 g/mol. The monoisotopic (exact) mass is 340 g/mol. The van der Waals surface area contributed by atoms with E-state index in [1.807, 2.05) is 55.5 Å². The highest BCUT2D eigenvalue weighted by atomic mass is 79.9. The number of fused-ring (bicyclic) bond motifs is 1. The Labute approximate surface area is 131 Å². The van der Waals surface area contributed by atoms with Crippen LogP contribution in [0.25, 0.3) is 10.8 Å². The molecule has 104 valence electrons. The second kappa shape index (κ2) is 5.66. The zero-order valence-electron chi connectivity index (χ0n) is 11.4. The minimum absolute atomic E-state index is 0.148. The van der Waals surface area contributed by atoms with Gasteiger partial charge in [-0.2, -0.15) is 0 Å². The molecule has 0 fully saturated rings. The van der Waals surface area contributed by atoms with Crippen LogP contribution in [0.15, 0.2) is 59.2 Å². The molecule has 3 nitrogen and oxygen atoms in total. The maximum absolute atomic E-state index is 12.5. The summed E-state index contributed by atoms with van der Waals surface area (Å²) in [5.41, 5.74) is 1.56. The van der Waals surface area contributed by atoms with Crippen molar-refractivity contribution in [3.63, 3.8) is 0 Å². The van der Waals surface area contributed by atoms with Crippen LogP contribution < -0.4 is 5.32 Å². The van der Waals surface area contributed by atoms with Crippen LogP contribution in [-0.4, -0.2) is 10.9 Å². The first-order chi connectivity index (χ1) is 10.1. The first kappa shape index (κ1) is 13.8. The van der Waals surface area contributed by atoms with Crippen LogP contribution in [-0.2, 0) is 0 Å². The first-order valence-electron chi connectivity index (χ1n) is 6.56. The highest BCUT2D eigenvalue weighted by Crippen LogP contribution is 2.21. The summed E-state index contributed by atoms with van der Waals surface area (Å²) in [6.07, 6.45) is 1.67. The number of aryl methyl sites for hydroxylation is 1. The maximum atomic E-state index is 12.5. The van der Waals surface area contributed by atoms with Gasteiger partial charge in [-0.3, -0.25) is 4.79 Å². The smallest absolute Gasteiger partial charge is 0.257 e. The largest absolute Gasteiger partial charge is 0.306 e. The molecule has 1 heterocycles. The molecule has 21 heavy (non-hydrogen) atoms. The van der Waals surface area contributed by atoms with Crippen molar-refractivity contribution in [1.82, 2.24) is 4.98 Å². The second-order valence-electron chi connectivity index (χ2n) is 4.80. The van der Waals surface area contributed by atoms with E-state index in [1.54, 1.807) is 6.20 Å². The number of amides is 1. The number of nitrogens with one attached hydrogen (secondary N) is 1. The second-order valence-corrected chi connectivity index (χ2v) is 5.72. The third-order valence-corrected chi connectivity index (χ3v) is 3.74. The summed E-state index contributed by atoms with van der Waals surface area (Å²) in [6, 6.07) is 15.5. The predicted molar refractivity (Wildman–Crippen MR) is 88.6 cm³/mol. The average Bonchev–Trinajstić information content (AvgIpc) is 2.49. The van der Waals surface area contributed by atoms with Crippen LogP contribution in [0, 0.1) is 6.92 Å². The number of carbonyl (C=O) groups excluding carboxylic acids is 1. The van der Waals surface area contributed by atoms with Gasteiger partial charge >= 0.3 is 0 Å². The van der Waals surface area contributed by atoms with Crippen molar-refractivity contribution in [3.8, 4) is 0 Å². The summed E-state index contributed by atoms with van der Waals surface area (Å²) in [6.45, 7) is 1.91. The van der Waals surface area contributed by atoms with E-state index in [4.69, 9.17) is 0 Å². The van der Waals surface area contributed by atoms with Crippen molar-refractivity contribution in [2.24, 2.45) is 0 Å². The van der Waals surface area contributed by atoms with Crippen LogP contribution >= 0.6 is 15.9 Å². The lowest BCUT2D eigenvalue weighted by molar-refractivity contribution is 0.102. The number of benzene rings is 2. The molecular formula is C17H13BrN2O. The minimum Gasteiger partial charge on any atom is -0.306 e. The lowest BCUT2D eigenvalue weighted by atomic mass is 10.0. The Hall–Kier alpha value is -2.20. The zero-order valence-corrected chi connectivity index (χ0v) is 13.0. The number of hydrogen-bond acceptors (Lipinski definition) is 2. The van der Waals surface area contributed by atoms with Crippen molar-refractivity contribution >= 4 is 38.4 Å². The molecule has 2 aromatic carbocycles. The van der Waals surface area contributed by atoms with E-state index < -0.39 is 0 Å². The SMILES string of the molecule is Cc1cc(Br)cnc1NC(=O)c1cccc2ccccc12. The van der Waals surface area contributed by atoms with E-state index in [0.29, 0.717) is 11.4 Å². The van der Waals surface area contributed by atoms with Gasteiger partial charge in [0.2, 0.25) is 0 Å². The fourth-order valence-electron chi connectivity index (χ4n) is 2.27. The molecule has 0 saturated carbocycles. The number of carbonyl (C=O) groups is 1. The summed E-state index contributed by atoms with van der Waals surface area (Å²) in [7, 11) is 0. The number of hydrogen-bond donors (Lipinski definition) is 1. The zero-order chi connectivity index (χ0) is 14.8. The first-order valence-corrected chi connectivity index (χ1v) is 7.36. The van der Waals surface area contributed by atoms with Gasteiger partial charge < -0.3 is 5.32 Å². The van der Waals surface area contributed by atoms with Crippen molar-refractivity contribution in [2.75, 3.05) is 5.32 Å². The molecule has 1 aromatic heterocycles. The maximum Gasteiger partial charge on any atom is 0.257 e. The molecule has 3 aromatic rings. The molecule has 0 aliphatic rings. The molecule has 0 radical (unpaired) electrons. The number of pyridine rings is 1. The van der Waals surface area contributed by atoms with Crippen molar-refractivity contribution < 1.29 is 4.79 Å². The Morgan fingerprint density at radius 2 is 1.90 bits per heavy atom. The number of halogens is 1. The van der Waals surface area contributed by atoms with Gasteiger partial charge in [-0.1, -0.05) is 36.4 Å². The van der Waals surface area contributed by atoms with Crippen LogP contribution in [0.4, 0.5) is 5.82 Å². The molecule has 1 N–H and O–H groups in total. The minimum atomic E-state index is -0.148. The van der Waals surface area contributed by atoms with Gasteiger partial charge in [-0.05, 0) is 51.3 Å². The summed E-state index contributed by atoms with van der Waals surface area (Å²) in [4.78, 5) is 16.7. The summed E-state index contributed by atoms with van der Waals surface area (Å²) in [5, 5.41) is 4.86. The standard InChI is InChI=1S/C17H13BrN2O/c1-11-9-13(18)10-19-16(11)20-17(21)15-8-4-6-12-5-2-3-7-14(12)15/h2-10H,1H3,(H,19,20,21). The third-order valence-electron chi connectivity index (χ3n) is 3.31. The highest BCUT2D eigenvalue weighted by Gasteiger charge is 2.11. The van der Waals surface area contributed by atoms with Crippen LogP contribution in [0.2, 0.25) is 0 Å². The van der Waals surface area contributed by atoms with Gasteiger partial charge in [0.25, 0.3) is 5.91 Å². The number of rotatable bonds is 2. The Bertz CT molecular complexity index is 825. The topological polar surface area (TPSA) is 42.0 Å². The Morgan fingerprint density at radius 3 is 2.71 bits per heavy atom.